The maximum absolute atomic E-state index is 12.2. The van der Waals surface area contributed by atoms with E-state index < -0.39 is 0 Å². The molecule has 1 N–H and O–H groups in total. The predicted molar refractivity (Wildman–Crippen MR) is 113 cm³/mol. The molecule has 3 rings (SSSR count). The van der Waals surface area contributed by atoms with Gasteiger partial charge in [-0.3, -0.25) is 4.79 Å². The lowest BCUT2D eigenvalue weighted by Gasteiger charge is -2.10. The molecular weight excluding hydrogens is 382 g/mol. The van der Waals surface area contributed by atoms with Crippen molar-refractivity contribution in [2.24, 2.45) is 0 Å². The molecule has 0 atom stereocenters. The first-order valence-corrected chi connectivity index (χ1v) is 10.2. The fourth-order valence-electron chi connectivity index (χ4n) is 2.80. The Hall–Kier alpha value is -2.24. The molecule has 0 saturated heterocycles. The van der Waals surface area contributed by atoms with Gasteiger partial charge in [0.05, 0.1) is 5.75 Å². The fraction of sp³-hybridized carbons (Fsp3) is 0.238. The van der Waals surface area contributed by atoms with E-state index in [0.717, 1.165) is 28.5 Å². The first-order chi connectivity index (χ1) is 13.0. The van der Waals surface area contributed by atoms with E-state index in [1.54, 1.807) is 12.1 Å². The number of hydrogen-bond acceptors (Lipinski definition) is 4. The van der Waals surface area contributed by atoms with Crippen LogP contribution in [0, 0.1) is 6.92 Å². The Balaban J connectivity index is 1.67. The Kier molecular flexibility index (Phi) is 6.24. The van der Waals surface area contributed by atoms with Crippen molar-refractivity contribution in [3.63, 3.8) is 0 Å². The second kappa shape index (κ2) is 8.63. The van der Waals surface area contributed by atoms with Crippen molar-refractivity contribution in [3.05, 3.63) is 74.6 Å². The maximum atomic E-state index is 12.2. The molecule has 0 aliphatic heterocycles. The number of thioether (sulfide) groups is 1. The quantitative estimate of drug-likeness (QED) is 0.577. The van der Waals surface area contributed by atoms with Gasteiger partial charge in [0, 0.05) is 27.9 Å². The molecule has 1 aromatic heterocycles. The van der Waals surface area contributed by atoms with Gasteiger partial charge in [0.15, 0.2) is 0 Å². The van der Waals surface area contributed by atoms with Crippen molar-refractivity contribution in [2.45, 2.75) is 26.0 Å². The van der Waals surface area contributed by atoms with Crippen LogP contribution in [0.3, 0.4) is 0 Å². The third kappa shape index (κ3) is 4.73. The van der Waals surface area contributed by atoms with E-state index in [9.17, 15) is 9.59 Å². The molecule has 0 bridgehead atoms. The lowest BCUT2D eigenvalue weighted by atomic mass is 10.1. The van der Waals surface area contributed by atoms with E-state index in [1.807, 2.05) is 31.2 Å². The first-order valence-electron chi connectivity index (χ1n) is 8.66. The number of aryl methyl sites for hydroxylation is 1. The van der Waals surface area contributed by atoms with Crippen molar-refractivity contribution < 1.29 is 9.21 Å². The van der Waals surface area contributed by atoms with Gasteiger partial charge in [-0.1, -0.05) is 36.7 Å². The van der Waals surface area contributed by atoms with Crippen molar-refractivity contribution in [1.29, 1.82) is 0 Å². The predicted octanol–water partition coefficient (Wildman–Crippen LogP) is 5.19. The number of rotatable bonds is 6. The van der Waals surface area contributed by atoms with Gasteiger partial charge in [-0.15, -0.1) is 11.8 Å². The highest BCUT2D eigenvalue weighted by Gasteiger charge is 2.10. The van der Waals surface area contributed by atoms with Gasteiger partial charge in [-0.25, -0.2) is 4.79 Å². The molecule has 6 heteroatoms. The van der Waals surface area contributed by atoms with Crippen LogP contribution in [0.15, 0.2) is 51.7 Å². The molecule has 0 spiro atoms. The third-order valence-corrected chi connectivity index (χ3v) is 5.73. The SMILES string of the molecule is CCc1ccc2c(CSCC(=O)Nc3cccc(Cl)c3C)cc(=O)oc2c1. The van der Waals surface area contributed by atoms with E-state index >= 15 is 0 Å². The average molecular weight is 402 g/mol. The lowest BCUT2D eigenvalue weighted by Crippen LogP contribution is -2.15. The number of halogens is 1. The molecule has 0 aliphatic carbocycles. The number of carbonyl (C=O) groups is 1. The number of anilines is 1. The summed E-state index contributed by atoms with van der Waals surface area (Å²) in [6, 6.07) is 12.8. The zero-order valence-corrected chi connectivity index (χ0v) is 16.7. The van der Waals surface area contributed by atoms with Crippen molar-refractivity contribution in [2.75, 3.05) is 11.1 Å². The van der Waals surface area contributed by atoms with Gasteiger partial charge in [-0.2, -0.15) is 0 Å². The molecule has 140 valence electrons. The number of benzene rings is 2. The number of carbonyl (C=O) groups excluding carboxylic acids is 1. The van der Waals surface area contributed by atoms with E-state index in [2.05, 4.69) is 12.2 Å². The Morgan fingerprint density at radius 1 is 1.22 bits per heavy atom. The topological polar surface area (TPSA) is 59.3 Å². The molecule has 27 heavy (non-hydrogen) atoms. The summed E-state index contributed by atoms with van der Waals surface area (Å²) in [5, 5.41) is 4.40. The molecule has 0 aliphatic rings. The number of nitrogens with one attached hydrogen (secondary N) is 1. The summed E-state index contributed by atoms with van der Waals surface area (Å²) in [4.78, 5) is 24.1. The van der Waals surface area contributed by atoms with Gasteiger partial charge >= 0.3 is 5.63 Å². The summed E-state index contributed by atoms with van der Waals surface area (Å²) in [5.74, 6) is 0.724. The van der Waals surface area contributed by atoms with Gasteiger partial charge in [0.25, 0.3) is 0 Å². The number of fused-ring (bicyclic) bond motifs is 1. The molecule has 0 unspecified atom stereocenters. The van der Waals surface area contributed by atoms with E-state index in [0.29, 0.717) is 22.0 Å². The molecule has 0 saturated carbocycles. The van der Waals surface area contributed by atoms with Gasteiger partial charge in [0.1, 0.15) is 5.58 Å². The molecule has 0 radical (unpaired) electrons. The van der Waals surface area contributed by atoms with Gasteiger partial charge < -0.3 is 9.73 Å². The van der Waals surface area contributed by atoms with Crippen molar-refractivity contribution in [3.8, 4) is 0 Å². The second-order valence-electron chi connectivity index (χ2n) is 6.23. The van der Waals surface area contributed by atoms with Crippen LogP contribution in [0.5, 0.6) is 0 Å². The maximum Gasteiger partial charge on any atom is 0.336 e. The summed E-state index contributed by atoms with van der Waals surface area (Å²) in [6.45, 7) is 3.92. The lowest BCUT2D eigenvalue weighted by molar-refractivity contribution is -0.113. The van der Waals surface area contributed by atoms with E-state index in [1.165, 1.54) is 17.8 Å². The van der Waals surface area contributed by atoms with Crippen LogP contribution < -0.4 is 10.9 Å². The molecule has 1 heterocycles. The highest BCUT2D eigenvalue weighted by molar-refractivity contribution is 7.99. The Labute approximate surface area is 166 Å². The monoisotopic (exact) mass is 401 g/mol. The minimum Gasteiger partial charge on any atom is -0.423 e. The fourth-order valence-corrected chi connectivity index (χ4v) is 3.79. The van der Waals surface area contributed by atoms with Gasteiger partial charge in [-0.05, 0) is 48.2 Å². The minimum absolute atomic E-state index is 0.106. The highest BCUT2D eigenvalue weighted by atomic mass is 35.5. The largest absolute Gasteiger partial charge is 0.423 e. The van der Waals surface area contributed by atoms with Crippen LogP contribution in [-0.2, 0) is 17.0 Å². The van der Waals surface area contributed by atoms with Gasteiger partial charge in [0.2, 0.25) is 5.91 Å². The van der Waals surface area contributed by atoms with E-state index in [-0.39, 0.29) is 17.3 Å². The Morgan fingerprint density at radius 3 is 2.81 bits per heavy atom. The van der Waals surface area contributed by atoms with Crippen molar-refractivity contribution in [1.82, 2.24) is 0 Å². The van der Waals surface area contributed by atoms with Crippen LogP contribution in [-0.4, -0.2) is 11.7 Å². The minimum atomic E-state index is -0.370. The molecule has 4 nitrogen and oxygen atoms in total. The molecule has 2 aromatic carbocycles. The van der Waals surface area contributed by atoms with Crippen LogP contribution in [0.25, 0.3) is 11.0 Å². The number of amides is 1. The summed E-state index contributed by atoms with van der Waals surface area (Å²) in [5.41, 5.74) is 3.77. The zero-order chi connectivity index (χ0) is 19.4. The zero-order valence-electron chi connectivity index (χ0n) is 15.2. The second-order valence-corrected chi connectivity index (χ2v) is 7.62. The van der Waals surface area contributed by atoms with Crippen LogP contribution in [0.4, 0.5) is 5.69 Å². The Morgan fingerprint density at radius 2 is 2.04 bits per heavy atom. The smallest absolute Gasteiger partial charge is 0.336 e. The molecule has 1 amide bonds. The summed E-state index contributed by atoms with van der Waals surface area (Å²) >= 11 is 7.53. The molecule has 0 fully saturated rings. The normalized spacial score (nSPS) is 10.9. The Bertz CT molecular complexity index is 1050. The molecular formula is C21H20ClNO3S. The highest BCUT2D eigenvalue weighted by Crippen LogP contribution is 2.25. The number of hydrogen-bond donors (Lipinski definition) is 1. The third-order valence-electron chi connectivity index (χ3n) is 4.34. The van der Waals surface area contributed by atoms with Crippen LogP contribution in [0.1, 0.15) is 23.6 Å². The summed E-state index contributed by atoms with van der Waals surface area (Å²) in [7, 11) is 0. The van der Waals surface area contributed by atoms with E-state index in [4.69, 9.17) is 16.0 Å². The van der Waals surface area contributed by atoms with Crippen molar-refractivity contribution >= 4 is 45.9 Å². The summed E-state index contributed by atoms with van der Waals surface area (Å²) < 4.78 is 5.32. The first kappa shape index (κ1) is 19.5. The summed E-state index contributed by atoms with van der Waals surface area (Å²) in [6.07, 6.45) is 0.877. The average Bonchev–Trinajstić information content (AvgIpc) is 2.64. The van der Waals surface area contributed by atoms with Crippen LogP contribution >= 0.6 is 23.4 Å². The standard InChI is InChI=1S/C21H20ClNO3S/c1-3-14-7-8-16-15(10-21(25)26-19(16)9-14)11-27-12-20(24)23-18-6-4-5-17(22)13(18)2/h4-10H,3,11-12H2,1-2H3,(H,23,24). The molecule has 3 aromatic rings. The van der Waals surface area contributed by atoms with Crippen LogP contribution in [0.2, 0.25) is 5.02 Å².